The molecular formula is C25H26N2O7S. The first-order chi connectivity index (χ1) is 17.0. The Labute approximate surface area is 207 Å². The molecule has 10 heteroatoms. The summed E-state index contributed by atoms with van der Waals surface area (Å²) < 4.78 is 21.9. The van der Waals surface area contributed by atoms with Gasteiger partial charge in [-0.3, -0.25) is 19.3 Å². The van der Waals surface area contributed by atoms with E-state index in [1.54, 1.807) is 29.2 Å². The lowest BCUT2D eigenvalue weighted by molar-refractivity contribution is -0.137. The molecule has 0 unspecified atom stereocenters. The van der Waals surface area contributed by atoms with Gasteiger partial charge in [-0.15, -0.1) is 0 Å². The molecule has 2 aromatic rings. The van der Waals surface area contributed by atoms with Gasteiger partial charge in [-0.1, -0.05) is 24.3 Å². The average Bonchev–Trinajstić information content (AvgIpc) is 3.16. The maximum absolute atomic E-state index is 12.8. The fourth-order valence-corrected chi connectivity index (χ4v) is 4.42. The van der Waals surface area contributed by atoms with E-state index in [4.69, 9.17) is 18.9 Å². The van der Waals surface area contributed by atoms with E-state index >= 15 is 0 Å². The number of hydrogen-bond acceptors (Lipinski definition) is 8. The number of imide groups is 1. The van der Waals surface area contributed by atoms with Crippen LogP contribution in [0, 0.1) is 0 Å². The van der Waals surface area contributed by atoms with E-state index in [-0.39, 0.29) is 36.8 Å². The Morgan fingerprint density at radius 1 is 1.06 bits per heavy atom. The molecule has 0 radical (unpaired) electrons. The summed E-state index contributed by atoms with van der Waals surface area (Å²) in [7, 11) is 1.50. The van der Waals surface area contributed by atoms with E-state index in [1.807, 2.05) is 30.3 Å². The van der Waals surface area contributed by atoms with Crippen LogP contribution in [0.2, 0.25) is 0 Å². The van der Waals surface area contributed by atoms with Crippen LogP contribution < -0.4 is 14.2 Å². The van der Waals surface area contributed by atoms with E-state index in [0.717, 1.165) is 11.8 Å². The van der Waals surface area contributed by atoms with Gasteiger partial charge in [-0.25, -0.2) is 0 Å². The number of carbonyl (C=O) groups is 3. The highest BCUT2D eigenvalue weighted by molar-refractivity contribution is 8.18. The Morgan fingerprint density at radius 2 is 1.83 bits per heavy atom. The first kappa shape index (κ1) is 24.6. The van der Waals surface area contributed by atoms with Crippen LogP contribution >= 0.6 is 11.8 Å². The van der Waals surface area contributed by atoms with Crippen molar-refractivity contribution in [3.05, 3.63) is 59.0 Å². The summed E-state index contributed by atoms with van der Waals surface area (Å²) in [6.45, 7) is 2.39. The Kier molecular flexibility index (Phi) is 8.27. The molecule has 0 N–H and O–H groups in total. The second-order valence-electron chi connectivity index (χ2n) is 7.69. The summed E-state index contributed by atoms with van der Waals surface area (Å²) in [6.07, 6.45) is 1.63. The van der Waals surface area contributed by atoms with Crippen molar-refractivity contribution in [2.24, 2.45) is 0 Å². The molecule has 3 amide bonds. The number of hydrogen-bond donors (Lipinski definition) is 0. The predicted octanol–water partition coefficient (Wildman–Crippen LogP) is 3.05. The molecule has 184 valence electrons. The number of morpholine rings is 1. The predicted molar refractivity (Wildman–Crippen MR) is 131 cm³/mol. The number of methoxy groups -OCH3 is 1. The van der Waals surface area contributed by atoms with Gasteiger partial charge in [0.15, 0.2) is 18.1 Å². The van der Waals surface area contributed by atoms with E-state index in [0.29, 0.717) is 54.0 Å². The molecule has 0 atom stereocenters. The van der Waals surface area contributed by atoms with Crippen molar-refractivity contribution >= 4 is 34.9 Å². The van der Waals surface area contributed by atoms with E-state index in [1.165, 1.54) is 12.0 Å². The van der Waals surface area contributed by atoms with Crippen LogP contribution in [0.5, 0.6) is 17.2 Å². The Balaban J connectivity index is 1.36. The van der Waals surface area contributed by atoms with Crippen molar-refractivity contribution in [1.29, 1.82) is 0 Å². The van der Waals surface area contributed by atoms with Crippen LogP contribution in [0.1, 0.15) is 5.56 Å². The van der Waals surface area contributed by atoms with Gasteiger partial charge in [-0.2, -0.15) is 0 Å². The van der Waals surface area contributed by atoms with Crippen molar-refractivity contribution in [2.75, 3.05) is 53.2 Å². The normalized spacial score (nSPS) is 17.1. The van der Waals surface area contributed by atoms with Crippen LogP contribution in [0.3, 0.4) is 0 Å². The molecule has 2 aliphatic rings. The second kappa shape index (κ2) is 11.8. The Bertz CT molecular complexity index is 1100. The third-order valence-electron chi connectivity index (χ3n) is 5.40. The first-order valence-corrected chi connectivity index (χ1v) is 12.0. The summed E-state index contributed by atoms with van der Waals surface area (Å²) in [5.41, 5.74) is 0.666. The van der Waals surface area contributed by atoms with Gasteiger partial charge in [0, 0.05) is 13.1 Å². The fraction of sp³-hybridized carbons (Fsp3) is 0.320. The molecule has 2 aromatic carbocycles. The summed E-state index contributed by atoms with van der Waals surface area (Å²) in [6, 6.07) is 14.3. The van der Waals surface area contributed by atoms with Crippen LogP contribution in [-0.2, 0) is 14.3 Å². The van der Waals surface area contributed by atoms with Gasteiger partial charge in [0.05, 0.1) is 31.8 Å². The maximum atomic E-state index is 12.8. The highest BCUT2D eigenvalue weighted by Crippen LogP contribution is 2.34. The number of ether oxygens (including phenoxy) is 4. The first-order valence-electron chi connectivity index (χ1n) is 11.1. The zero-order valence-corrected chi connectivity index (χ0v) is 20.1. The number of carbonyl (C=O) groups excluding carboxylic acids is 3. The zero-order chi connectivity index (χ0) is 24.6. The van der Waals surface area contributed by atoms with Crippen molar-refractivity contribution in [3.63, 3.8) is 0 Å². The van der Waals surface area contributed by atoms with Gasteiger partial charge in [-0.05, 0) is 47.7 Å². The molecule has 0 saturated carbocycles. The number of para-hydroxylation sites is 1. The van der Waals surface area contributed by atoms with Gasteiger partial charge in [0.1, 0.15) is 12.4 Å². The largest absolute Gasteiger partial charge is 0.493 e. The number of rotatable bonds is 9. The number of amides is 3. The SMILES string of the molecule is COc1cc(/C=C2\SC(=O)N(CCOc3ccccc3)C2=O)ccc1OCC(=O)N1CCOCC1. The minimum Gasteiger partial charge on any atom is -0.493 e. The molecule has 2 aliphatic heterocycles. The molecule has 0 aromatic heterocycles. The number of benzene rings is 2. The monoisotopic (exact) mass is 498 g/mol. The lowest BCUT2D eigenvalue weighted by Crippen LogP contribution is -2.43. The fourth-order valence-electron chi connectivity index (χ4n) is 3.55. The lowest BCUT2D eigenvalue weighted by Gasteiger charge is -2.26. The van der Waals surface area contributed by atoms with Gasteiger partial charge in [0.25, 0.3) is 17.1 Å². The molecular weight excluding hydrogens is 472 g/mol. The standard InChI is InChI=1S/C25H26N2O7S/c1-31-21-15-18(7-8-20(21)34-17-23(28)26-9-12-32-13-10-26)16-22-24(29)27(25(30)35-22)11-14-33-19-5-3-2-4-6-19/h2-8,15-16H,9-14,17H2,1H3/b22-16-. The topological polar surface area (TPSA) is 94.6 Å². The van der Waals surface area contributed by atoms with Crippen LogP contribution in [0.4, 0.5) is 4.79 Å². The highest BCUT2D eigenvalue weighted by Gasteiger charge is 2.34. The van der Waals surface area contributed by atoms with Crippen LogP contribution in [0.15, 0.2) is 53.4 Å². The quantitative estimate of drug-likeness (QED) is 0.487. The smallest absolute Gasteiger partial charge is 0.293 e. The van der Waals surface area contributed by atoms with Crippen LogP contribution in [-0.4, -0.2) is 80.0 Å². The van der Waals surface area contributed by atoms with Crippen molar-refractivity contribution in [1.82, 2.24) is 9.80 Å². The summed E-state index contributed by atoms with van der Waals surface area (Å²) >= 11 is 0.881. The molecule has 4 rings (SSSR count). The summed E-state index contributed by atoms with van der Waals surface area (Å²) in [4.78, 5) is 40.6. The van der Waals surface area contributed by atoms with E-state index in [9.17, 15) is 14.4 Å². The van der Waals surface area contributed by atoms with Crippen LogP contribution in [0.25, 0.3) is 6.08 Å². The molecule has 0 aliphatic carbocycles. The highest BCUT2D eigenvalue weighted by atomic mass is 32.2. The van der Waals surface area contributed by atoms with E-state index in [2.05, 4.69) is 0 Å². The minimum absolute atomic E-state index is 0.111. The molecule has 0 bridgehead atoms. The number of nitrogens with zero attached hydrogens (tertiary/aromatic N) is 2. The zero-order valence-electron chi connectivity index (χ0n) is 19.3. The summed E-state index contributed by atoms with van der Waals surface area (Å²) in [5.74, 6) is 1.02. The molecule has 0 spiro atoms. The third-order valence-corrected chi connectivity index (χ3v) is 6.31. The average molecular weight is 499 g/mol. The molecule has 35 heavy (non-hydrogen) atoms. The number of thioether (sulfide) groups is 1. The molecule has 2 saturated heterocycles. The minimum atomic E-state index is -0.368. The Hall–Kier alpha value is -3.50. The van der Waals surface area contributed by atoms with Gasteiger partial charge >= 0.3 is 0 Å². The van der Waals surface area contributed by atoms with Crippen molar-refractivity contribution in [3.8, 4) is 17.2 Å². The van der Waals surface area contributed by atoms with Gasteiger partial charge < -0.3 is 23.8 Å². The molecule has 2 heterocycles. The maximum Gasteiger partial charge on any atom is 0.293 e. The van der Waals surface area contributed by atoms with Crippen molar-refractivity contribution < 1.29 is 33.3 Å². The molecule has 9 nitrogen and oxygen atoms in total. The third kappa shape index (κ3) is 6.34. The van der Waals surface area contributed by atoms with Gasteiger partial charge in [0.2, 0.25) is 0 Å². The Morgan fingerprint density at radius 3 is 2.57 bits per heavy atom. The van der Waals surface area contributed by atoms with Crippen molar-refractivity contribution in [2.45, 2.75) is 0 Å². The molecule has 2 fully saturated rings. The second-order valence-corrected chi connectivity index (χ2v) is 8.68. The van der Waals surface area contributed by atoms with E-state index < -0.39 is 0 Å². The summed E-state index contributed by atoms with van der Waals surface area (Å²) in [5, 5.41) is -0.341. The lowest BCUT2D eigenvalue weighted by atomic mass is 10.2.